The maximum Gasteiger partial charge on any atom is 0.247 e. The molecule has 0 saturated carbocycles. The average Bonchev–Trinajstić information content (AvgIpc) is 2.57. The van der Waals surface area contributed by atoms with Crippen LogP contribution < -0.4 is 16.4 Å². The van der Waals surface area contributed by atoms with Gasteiger partial charge >= 0.3 is 0 Å². The first-order valence-corrected chi connectivity index (χ1v) is 10.4. The van der Waals surface area contributed by atoms with Crippen molar-refractivity contribution in [3.63, 3.8) is 0 Å². The largest absolute Gasteiger partial charge is 0.368 e. The standard InChI is InChI=1S/C17H27N3O3S2/c1-6-12(7-2)16(22)20-14(11(3)10-25-5)17(23)19-13(15(18)21)8-9-24-4/h6,8-9,12-14H,1,3,7,10H2,2,4-5H3,(H2,18,21)(H,19,23)(H,20,22). The van der Waals surface area contributed by atoms with E-state index in [4.69, 9.17) is 5.73 Å². The van der Waals surface area contributed by atoms with Gasteiger partial charge in [-0.05, 0) is 36.0 Å². The van der Waals surface area contributed by atoms with Gasteiger partial charge in [0, 0.05) is 5.75 Å². The average molecular weight is 386 g/mol. The Kier molecular flexibility index (Phi) is 11.8. The molecule has 0 aromatic carbocycles. The number of carbonyl (C=O) groups is 3. The van der Waals surface area contributed by atoms with Gasteiger partial charge in [-0.25, -0.2) is 0 Å². The molecule has 0 aliphatic heterocycles. The molecule has 8 heteroatoms. The van der Waals surface area contributed by atoms with Crippen molar-refractivity contribution in [3.8, 4) is 0 Å². The van der Waals surface area contributed by atoms with Gasteiger partial charge in [0.1, 0.15) is 12.1 Å². The molecule has 3 atom stereocenters. The predicted octanol–water partition coefficient (Wildman–Crippen LogP) is 1.45. The van der Waals surface area contributed by atoms with Crippen LogP contribution in [0.3, 0.4) is 0 Å². The second kappa shape index (κ2) is 12.7. The van der Waals surface area contributed by atoms with Crippen LogP contribution in [0.25, 0.3) is 0 Å². The van der Waals surface area contributed by atoms with Crippen molar-refractivity contribution in [3.05, 3.63) is 36.3 Å². The van der Waals surface area contributed by atoms with Crippen LogP contribution in [0.5, 0.6) is 0 Å². The molecule has 0 saturated heterocycles. The molecular weight excluding hydrogens is 358 g/mol. The third-order valence-electron chi connectivity index (χ3n) is 3.36. The summed E-state index contributed by atoms with van der Waals surface area (Å²) in [4.78, 5) is 36.4. The first kappa shape index (κ1) is 23.3. The van der Waals surface area contributed by atoms with Gasteiger partial charge in [-0.15, -0.1) is 18.3 Å². The zero-order chi connectivity index (χ0) is 19.4. The molecule has 25 heavy (non-hydrogen) atoms. The van der Waals surface area contributed by atoms with E-state index in [0.29, 0.717) is 17.7 Å². The minimum Gasteiger partial charge on any atom is -0.368 e. The summed E-state index contributed by atoms with van der Waals surface area (Å²) in [6.07, 6.45) is 7.29. The van der Waals surface area contributed by atoms with Gasteiger partial charge in [-0.2, -0.15) is 11.8 Å². The van der Waals surface area contributed by atoms with Crippen molar-refractivity contribution in [1.29, 1.82) is 0 Å². The van der Waals surface area contributed by atoms with E-state index in [2.05, 4.69) is 23.8 Å². The number of rotatable bonds is 12. The molecule has 0 aliphatic carbocycles. The number of nitrogens with one attached hydrogen (secondary N) is 2. The van der Waals surface area contributed by atoms with E-state index in [1.807, 2.05) is 19.4 Å². The summed E-state index contributed by atoms with van der Waals surface area (Å²) in [5, 5.41) is 6.89. The molecule has 3 amide bonds. The number of thioether (sulfide) groups is 2. The molecule has 0 bridgehead atoms. The number of amides is 3. The van der Waals surface area contributed by atoms with Gasteiger partial charge in [0.05, 0.1) is 5.92 Å². The van der Waals surface area contributed by atoms with Gasteiger partial charge in [0.15, 0.2) is 0 Å². The van der Waals surface area contributed by atoms with Crippen LogP contribution in [0.15, 0.2) is 36.3 Å². The quantitative estimate of drug-likeness (QED) is 0.441. The van der Waals surface area contributed by atoms with Crippen molar-refractivity contribution >= 4 is 41.2 Å². The van der Waals surface area contributed by atoms with E-state index in [0.717, 1.165) is 0 Å². The molecule has 0 aromatic heterocycles. The Morgan fingerprint density at radius 1 is 1.20 bits per heavy atom. The van der Waals surface area contributed by atoms with Crippen molar-refractivity contribution < 1.29 is 14.4 Å². The van der Waals surface area contributed by atoms with Crippen LogP contribution >= 0.6 is 23.5 Å². The van der Waals surface area contributed by atoms with E-state index in [9.17, 15) is 14.4 Å². The summed E-state index contributed by atoms with van der Waals surface area (Å²) in [6, 6.07) is -1.90. The molecule has 0 aromatic rings. The third-order valence-corrected chi connectivity index (χ3v) is 4.45. The third kappa shape index (κ3) is 8.31. The number of nitrogens with two attached hydrogens (primary N) is 1. The lowest BCUT2D eigenvalue weighted by Crippen LogP contribution is -2.54. The highest BCUT2D eigenvalue weighted by molar-refractivity contribution is 8.01. The van der Waals surface area contributed by atoms with E-state index >= 15 is 0 Å². The molecule has 4 N–H and O–H groups in total. The molecule has 0 spiro atoms. The van der Waals surface area contributed by atoms with Crippen LogP contribution in [0.2, 0.25) is 0 Å². The molecule has 0 rings (SSSR count). The lowest BCUT2D eigenvalue weighted by Gasteiger charge is -2.23. The smallest absolute Gasteiger partial charge is 0.247 e. The van der Waals surface area contributed by atoms with Crippen LogP contribution in [0.1, 0.15) is 13.3 Å². The minimum atomic E-state index is -0.956. The number of hydrogen-bond acceptors (Lipinski definition) is 5. The maximum atomic E-state index is 12.6. The van der Waals surface area contributed by atoms with Gasteiger partial charge in [-0.1, -0.05) is 19.6 Å². The monoisotopic (exact) mass is 385 g/mol. The molecule has 0 heterocycles. The van der Waals surface area contributed by atoms with Crippen LogP contribution in [0, 0.1) is 5.92 Å². The minimum absolute atomic E-state index is 0.310. The van der Waals surface area contributed by atoms with Crippen LogP contribution in [-0.2, 0) is 14.4 Å². The summed E-state index contributed by atoms with van der Waals surface area (Å²) in [5.74, 6) is -1.43. The molecule has 140 valence electrons. The zero-order valence-electron chi connectivity index (χ0n) is 14.9. The van der Waals surface area contributed by atoms with Gasteiger partial charge in [0.2, 0.25) is 17.7 Å². The van der Waals surface area contributed by atoms with E-state index in [1.165, 1.54) is 35.7 Å². The summed E-state index contributed by atoms with van der Waals surface area (Å²) in [5.41, 5.74) is 5.85. The molecule has 0 fully saturated rings. The number of hydrogen-bond donors (Lipinski definition) is 3. The Balaban J connectivity index is 5.31. The van der Waals surface area contributed by atoms with Crippen molar-refractivity contribution in [1.82, 2.24) is 10.6 Å². The first-order valence-electron chi connectivity index (χ1n) is 7.70. The van der Waals surface area contributed by atoms with Crippen molar-refractivity contribution in [2.24, 2.45) is 11.7 Å². The molecular formula is C17H27N3O3S2. The first-order chi connectivity index (χ1) is 11.8. The SMILES string of the molecule is C=CC(CC)C(=O)NC(C(=C)CSC)C(=O)NC(C=CSC)C(N)=O. The maximum absolute atomic E-state index is 12.6. The number of carbonyl (C=O) groups excluding carboxylic acids is 3. The van der Waals surface area contributed by atoms with Crippen molar-refractivity contribution in [2.75, 3.05) is 18.3 Å². The molecule has 3 unspecified atom stereocenters. The Morgan fingerprint density at radius 3 is 2.28 bits per heavy atom. The molecule has 0 aliphatic rings. The highest BCUT2D eigenvalue weighted by Crippen LogP contribution is 2.11. The molecule has 0 radical (unpaired) electrons. The summed E-state index contributed by atoms with van der Waals surface area (Å²) < 4.78 is 0. The highest BCUT2D eigenvalue weighted by Gasteiger charge is 2.28. The van der Waals surface area contributed by atoms with Gasteiger partial charge in [-0.3, -0.25) is 14.4 Å². The zero-order valence-corrected chi connectivity index (χ0v) is 16.5. The summed E-state index contributed by atoms with van der Waals surface area (Å²) in [6.45, 7) is 9.37. The fourth-order valence-corrected chi connectivity index (χ4v) is 2.79. The normalized spacial score (nSPS) is 14.4. The lowest BCUT2D eigenvalue weighted by atomic mass is 10.0. The van der Waals surface area contributed by atoms with E-state index < -0.39 is 29.8 Å². The highest BCUT2D eigenvalue weighted by atomic mass is 32.2. The fraction of sp³-hybridized carbons (Fsp3) is 0.471. The topological polar surface area (TPSA) is 101 Å². The van der Waals surface area contributed by atoms with Gasteiger partial charge in [0.25, 0.3) is 0 Å². The van der Waals surface area contributed by atoms with Crippen LogP contribution in [0.4, 0.5) is 0 Å². The van der Waals surface area contributed by atoms with Gasteiger partial charge < -0.3 is 16.4 Å². The second-order valence-electron chi connectivity index (χ2n) is 5.24. The predicted molar refractivity (Wildman–Crippen MR) is 107 cm³/mol. The number of primary amides is 1. The van der Waals surface area contributed by atoms with E-state index in [1.54, 1.807) is 5.41 Å². The summed E-state index contributed by atoms with van der Waals surface area (Å²) in [7, 11) is 0. The fourth-order valence-electron chi connectivity index (χ4n) is 1.94. The Labute approximate surface area is 158 Å². The summed E-state index contributed by atoms with van der Waals surface area (Å²) >= 11 is 2.86. The van der Waals surface area contributed by atoms with E-state index in [-0.39, 0.29) is 5.91 Å². The van der Waals surface area contributed by atoms with Crippen molar-refractivity contribution in [2.45, 2.75) is 25.4 Å². The molecule has 6 nitrogen and oxygen atoms in total. The Morgan fingerprint density at radius 2 is 1.84 bits per heavy atom. The second-order valence-corrected chi connectivity index (χ2v) is 6.85. The lowest BCUT2D eigenvalue weighted by molar-refractivity contribution is -0.130. The van der Waals surface area contributed by atoms with Crippen LogP contribution in [-0.4, -0.2) is 48.1 Å². The Bertz CT molecular complexity index is 535. The Hall–Kier alpha value is -1.67.